The van der Waals surface area contributed by atoms with Gasteiger partial charge in [-0.05, 0) is 73.5 Å². The third-order valence-corrected chi connectivity index (χ3v) is 6.72. The molecule has 2 nitrogen and oxygen atoms in total. The smallest absolute Gasteiger partial charge is 0.0759 e. The first-order chi connectivity index (χ1) is 10.5. The lowest BCUT2D eigenvalue weighted by Crippen LogP contribution is -2.63. The molecule has 0 bridgehead atoms. The SMILES string of the molecule is CN(C)CC1(C2(O)CCCCC2)Cc2cc3ccsc3cc21. The molecule has 22 heavy (non-hydrogen) atoms. The van der Waals surface area contributed by atoms with Gasteiger partial charge in [-0.1, -0.05) is 19.3 Å². The summed E-state index contributed by atoms with van der Waals surface area (Å²) in [5.74, 6) is 0. The predicted molar refractivity (Wildman–Crippen MR) is 93.8 cm³/mol. The van der Waals surface area contributed by atoms with Crippen LogP contribution in [0.15, 0.2) is 23.6 Å². The van der Waals surface area contributed by atoms with Gasteiger partial charge < -0.3 is 10.0 Å². The number of benzene rings is 1. The molecule has 0 aliphatic heterocycles. The van der Waals surface area contributed by atoms with Crippen LogP contribution in [0.3, 0.4) is 0 Å². The Bertz CT molecular complexity index is 699. The molecular weight excluding hydrogens is 290 g/mol. The molecule has 118 valence electrons. The zero-order chi connectivity index (χ0) is 15.4. The number of hydrogen-bond acceptors (Lipinski definition) is 3. The Kier molecular flexibility index (Phi) is 3.37. The number of rotatable bonds is 3. The summed E-state index contributed by atoms with van der Waals surface area (Å²) in [5.41, 5.74) is 2.28. The molecule has 0 saturated heterocycles. The van der Waals surface area contributed by atoms with Crippen molar-refractivity contribution in [2.45, 2.75) is 49.5 Å². The van der Waals surface area contributed by atoms with E-state index in [0.717, 1.165) is 25.8 Å². The summed E-state index contributed by atoms with van der Waals surface area (Å²) < 4.78 is 1.36. The molecule has 1 heterocycles. The van der Waals surface area contributed by atoms with Gasteiger partial charge in [0, 0.05) is 16.7 Å². The molecule has 4 rings (SSSR count). The minimum atomic E-state index is -0.520. The Morgan fingerprint density at radius 3 is 2.68 bits per heavy atom. The minimum Gasteiger partial charge on any atom is -0.389 e. The predicted octanol–water partition coefficient (Wildman–Crippen LogP) is 3.95. The molecule has 0 amide bonds. The maximum Gasteiger partial charge on any atom is 0.0759 e. The van der Waals surface area contributed by atoms with Gasteiger partial charge in [0.25, 0.3) is 0 Å². The lowest BCUT2D eigenvalue weighted by Gasteiger charge is -2.57. The van der Waals surface area contributed by atoms with E-state index in [-0.39, 0.29) is 5.41 Å². The number of hydrogen-bond donors (Lipinski definition) is 1. The molecule has 1 N–H and O–H groups in total. The van der Waals surface area contributed by atoms with Crippen molar-refractivity contribution in [3.8, 4) is 0 Å². The largest absolute Gasteiger partial charge is 0.389 e. The van der Waals surface area contributed by atoms with Gasteiger partial charge in [0.2, 0.25) is 0 Å². The summed E-state index contributed by atoms with van der Waals surface area (Å²) in [5, 5.41) is 15.1. The highest BCUT2D eigenvalue weighted by Crippen LogP contribution is 2.54. The Morgan fingerprint density at radius 2 is 1.95 bits per heavy atom. The third kappa shape index (κ3) is 1.99. The molecule has 2 aromatic rings. The second-order valence-electron chi connectivity index (χ2n) is 7.56. The average molecular weight is 315 g/mol. The van der Waals surface area contributed by atoms with E-state index in [1.165, 1.54) is 40.5 Å². The van der Waals surface area contributed by atoms with Crippen LogP contribution >= 0.6 is 11.3 Å². The quantitative estimate of drug-likeness (QED) is 0.927. The zero-order valence-electron chi connectivity index (χ0n) is 13.6. The van der Waals surface area contributed by atoms with Crippen LogP contribution in [-0.4, -0.2) is 36.2 Å². The van der Waals surface area contributed by atoms with Crippen molar-refractivity contribution in [3.63, 3.8) is 0 Å². The highest BCUT2D eigenvalue weighted by molar-refractivity contribution is 7.17. The molecule has 2 aliphatic carbocycles. The van der Waals surface area contributed by atoms with Crippen molar-refractivity contribution < 1.29 is 5.11 Å². The molecule has 0 spiro atoms. The van der Waals surface area contributed by atoms with Gasteiger partial charge in [-0.3, -0.25) is 0 Å². The summed E-state index contributed by atoms with van der Waals surface area (Å²) in [4.78, 5) is 2.26. The van der Waals surface area contributed by atoms with Crippen molar-refractivity contribution in [2.24, 2.45) is 0 Å². The highest BCUT2D eigenvalue weighted by atomic mass is 32.1. The van der Waals surface area contributed by atoms with Crippen molar-refractivity contribution in [2.75, 3.05) is 20.6 Å². The standard InChI is InChI=1S/C19H25NOS/c1-20(2)13-18(19(21)7-4-3-5-8-19)12-15-10-14-6-9-22-17(14)11-16(15)18/h6,9-11,21H,3-5,7-8,12-13H2,1-2H3. The van der Waals surface area contributed by atoms with E-state index in [9.17, 15) is 5.11 Å². The molecule has 3 heteroatoms. The maximum absolute atomic E-state index is 11.5. The van der Waals surface area contributed by atoms with Crippen LogP contribution in [0, 0.1) is 0 Å². The van der Waals surface area contributed by atoms with Gasteiger partial charge in [0.15, 0.2) is 0 Å². The van der Waals surface area contributed by atoms with Crippen molar-refractivity contribution in [3.05, 3.63) is 34.7 Å². The van der Waals surface area contributed by atoms with E-state index < -0.39 is 5.60 Å². The lowest BCUT2D eigenvalue weighted by molar-refractivity contribution is -0.0868. The third-order valence-electron chi connectivity index (χ3n) is 5.84. The second kappa shape index (κ2) is 5.05. The Hall–Kier alpha value is -0.900. The van der Waals surface area contributed by atoms with E-state index in [0.29, 0.717) is 0 Å². The Morgan fingerprint density at radius 1 is 1.18 bits per heavy atom. The molecule has 1 aromatic carbocycles. The lowest BCUT2D eigenvalue weighted by atomic mass is 9.52. The first-order valence-corrected chi connectivity index (χ1v) is 9.30. The van der Waals surface area contributed by atoms with Gasteiger partial charge in [-0.2, -0.15) is 0 Å². The summed E-state index contributed by atoms with van der Waals surface area (Å²) in [6, 6.07) is 6.93. The molecule has 1 saturated carbocycles. The fourth-order valence-electron chi connectivity index (χ4n) is 4.82. The van der Waals surface area contributed by atoms with E-state index in [1.807, 2.05) is 11.3 Å². The molecule has 1 fully saturated rings. The van der Waals surface area contributed by atoms with Crippen LogP contribution in [0.25, 0.3) is 10.1 Å². The first kappa shape index (κ1) is 14.7. The summed E-state index contributed by atoms with van der Waals surface area (Å²) in [7, 11) is 4.27. The maximum atomic E-state index is 11.5. The van der Waals surface area contributed by atoms with E-state index >= 15 is 0 Å². The van der Waals surface area contributed by atoms with E-state index in [2.05, 4.69) is 42.6 Å². The van der Waals surface area contributed by atoms with Gasteiger partial charge in [-0.15, -0.1) is 11.3 Å². The van der Waals surface area contributed by atoms with Gasteiger partial charge in [-0.25, -0.2) is 0 Å². The molecule has 0 radical (unpaired) electrons. The summed E-state index contributed by atoms with van der Waals surface area (Å²) in [6.45, 7) is 0.952. The summed E-state index contributed by atoms with van der Waals surface area (Å²) >= 11 is 1.81. The van der Waals surface area contributed by atoms with Crippen LogP contribution in [0.1, 0.15) is 43.2 Å². The minimum absolute atomic E-state index is 0.0650. The molecule has 1 atom stereocenters. The monoisotopic (exact) mass is 315 g/mol. The number of nitrogens with zero attached hydrogens (tertiary/aromatic N) is 1. The van der Waals surface area contributed by atoms with Gasteiger partial charge in [0.1, 0.15) is 0 Å². The fourth-order valence-corrected chi connectivity index (χ4v) is 5.63. The van der Waals surface area contributed by atoms with E-state index in [4.69, 9.17) is 0 Å². The van der Waals surface area contributed by atoms with Crippen LogP contribution in [0.2, 0.25) is 0 Å². The zero-order valence-corrected chi connectivity index (χ0v) is 14.4. The van der Waals surface area contributed by atoms with Gasteiger partial charge >= 0.3 is 0 Å². The van der Waals surface area contributed by atoms with Gasteiger partial charge in [0.05, 0.1) is 5.60 Å². The van der Waals surface area contributed by atoms with Crippen LogP contribution < -0.4 is 0 Å². The summed E-state index contributed by atoms with van der Waals surface area (Å²) in [6.07, 6.45) is 6.57. The number of aliphatic hydroxyl groups is 1. The highest BCUT2D eigenvalue weighted by Gasteiger charge is 2.57. The first-order valence-electron chi connectivity index (χ1n) is 8.42. The Labute approximate surface area is 136 Å². The van der Waals surface area contributed by atoms with E-state index in [1.54, 1.807) is 0 Å². The topological polar surface area (TPSA) is 23.5 Å². The van der Waals surface area contributed by atoms with Crippen molar-refractivity contribution >= 4 is 21.4 Å². The van der Waals surface area contributed by atoms with Crippen LogP contribution in [-0.2, 0) is 11.8 Å². The number of thiophene rings is 1. The number of fused-ring (bicyclic) bond motifs is 2. The van der Waals surface area contributed by atoms with Crippen molar-refractivity contribution in [1.29, 1.82) is 0 Å². The molecule has 2 aliphatic rings. The van der Waals surface area contributed by atoms with Crippen molar-refractivity contribution in [1.82, 2.24) is 4.90 Å². The van der Waals surface area contributed by atoms with Crippen LogP contribution in [0.5, 0.6) is 0 Å². The molecular formula is C19H25NOS. The average Bonchev–Trinajstić information content (AvgIpc) is 2.92. The number of likely N-dealkylation sites (N-methyl/N-ethyl adjacent to an activating group) is 1. The normalized spacial score (nSPS) is 26.9. The second-order valence-corrected chi connectivity index (χ2v) is 8.50. The van der Waals surface area contributed by atoms with Crippen LogP contribution in [0.4, 0.5) is 0 Å². The fraction of sp³-hybridized carbons (Fsp3) is 0.579. The molecule has 1 unspecified atom stereocenters. The Balaban J connectivity index is 1.82. The molecule has 1 aromatic heterocycles.